The number of halogens is 2. The number of phenolic OH excluding ortho intramolecular Hbond substituents is 1. The van der Waals surface area contributed by atoms with Gasteiger partial charge in [0, 0.05) is 12.6 Å². The van der Waals surface area contributed by atoms with Gasteiger partial charge >= 0.3 is 0 Å². The van der Waals surface area contributed by atoms with Crippen LogP contribution in [0.4, 0.5) is 0 Å². The lowest BCUT2D eigenvalue weighted by Crippen LogP contribution is -2.26. The maximum atomic E-state index is 12.6. The van der Waals surface area contributed by atoms with Gasteiger partial charge in [0.15, 0.2) is 0 Å². The van der Waals surface area contributed by atoms with Gasteiger partial charge in [0.2, 0.25) is 0 Å². The highest BCUT2D eigenvalue weighted by atomic mass is 35.5. The van der Waals surface area contributed by atoms with Crippen molar-refractivity contribution < 1.29 is 9.84 Å². The highest BCUT2D eigenvalue weighted by Crippen LogP contribution is 2.23. The van der Waals surface area contributed by atoms with E-state index in [2.05, 4.69) is 0 Å². The molecular formula is C21H19Cl2NO3. The summed E-state index contributed by atoms with van der Waals surface area (Å²) in [6.45, 7) is 2.55. The van der Waals surface area contributed by atoms with Crippen molar-refractivity contribution in [2.45, 2.75) is 26.5 Å². The van der Waals surface area contributed by atoms with Gasteiger partial charge in [-0.05, 0) is 37.1 Å². The Hall–Kier alpha value is -2.43. The number of ether oxygens (including phenoxy) is 1. The molecule has 0 aliphatic rings. The normalized spacial score (nSPS) is 10.8. The number of benzene rings is 2. The maximum Gasteiger partial charge on any atom is 0.269 e. The molecule has 3 aromatic rings. The van der Waals surface area contributed by atoms with Crippen molar-refractivity contribution in [1.82, 2.24) is 4.57 Å². The van der Waals surface area contributed by atoms with E-state index < -0.39 is 0 Å². The third kappa shape index (κ3) is 4.85. The van der Waals surface area contributed by atoms with Gasteiger partial charge in [0.25, 0.3) is 5.56 Å². The molecule has 4 nitrogen and oxygen atoms in total. The molecule has 0 radical (unpaired) electrons. The second kappa shape index (κ2) is 8.51. The zero-order valence-electron chi connectivity index (χ0n) is 14.8. The van der Waals surface area contributed by atoms with E-state index in [1.54, 1.807) is 22.8 Å². The van der Waals surface area contributed by atoms with E-state index in [-0.39, 0.29) is 22.9 Å². The third-order valence-corrected chi connectivity index (χ3v) is 4.84. The molecule has 0 aliphatic heterocycles. The summed E-state index contributed by atoms with van der Waals surface area (Å²) in [6.07, 6.45) is 0.663. The van der Waals surface area contributed by atoms with Crippen LogP contribution in [0, 0.1) is 6.92 Å². The number of aromatic nitrogens is 1. The lowest BCUT2D eigenvalue weighted by atomic mass is 10.1. The Labute approximate surface area is 167 Å². The second-order valence-corrected chi connectivity index (χ2v) is 7.08. The van der Waals surface area contributed by atoms with Gasteiger partial charge in [0.1, 0.15) is 23.1 Å². The number of nitrogens with zero attached hydrogens (tertiary/aromatic N) is 1. The predicted octanol–water partition coefficient (Wildman–Crippen LogP) is 4.99. The van der Waals surface area contributed by atoms with Gasteiger partial charge in [-0.2, -0.15) is 0 Å². The summed E-state index contributed by atoms with van der Waals surface area (Å²) in [6, 6.07) is 16.0. The number of aromatic hydroxyl groups is 1. The van der Waals surface area contributed by atoms with Crippen LogP contribution in [0.1, 0.15) is 16.8 Å². The molecule has 2 aromatic carbocycles. The lowest BCUT2D eigenvalue weighted by Gasteiger charge is -2.16. The Morgan fingerprint density at radius 1 is 1.04 bits per heavy atom. The number of pyridine rings is 1. The van der Waals surface area contributed by atoms with Gasteiger partial charge in [-0.3, -0.25) is 4.79 Å². The second-order valence-electron chi connectivity index (χ2n) is 6.27. The van der Waals surface area contributed by atoms with Crippen LogP contribution in [-0.2, 0) is 19.6 Å². The first-order valence-electron chi connectivity index (χ1n) is 8.49. The molecule has 140 valence electrons. The molecule has 27 heavy (non-hydrogen) atoms. The fourth-order valence-electron chi connectivity index (χ4n) is 2.74. The maximum absolute atomic E-state index is 12.6. The van der Waals surface area contributed by atoms with E-state index in [0.717, 1.165) is 5.56 Å². The van der Waals surface area contributed by atoms with Gasteiger partial charge in [-0.25, -0.2) is 0 Å². The molecule has 0 atom stereocenters. The lowest BCUT2D eigenvalue weighted by molar-refractivity contribution is 0.291. The number of hydrogen-bond acceptors (Lipinski definition) is 3. The molecule has 0 unspecified atom stereocenters. The standard InChI is InChI=1S/C21H19Cl2NO3/c1-14-5-7-15(8-6-14)9-10-24-20(18(22)12-19(23)21(24)26)13-27-17-4-2-3-16(25)11-17/h2-8,11-12,25H,9-10,13H2,1H3. The molecule has 1 N–H and O–H groups in total. The van der Waals surface area contributed by atoms with Crippen molar-refractivity contribution in [3.8, 4) is 11.5 Å². The van der Waals surface area contributed by atoms with E-state index in [4.69, 9.17) is 27.9 Å². The molecule has 0 amide bonds. The molecular weight excluding hydrogens is 385 g/mol. The van der Waals surface area contributed by atoms with Crippen LogP contribution >= 0.6 is 23.2 Å². The Balaban J connectivity index is 1.85. The molecule has 1 heterocycles. The molecule has 0 bridgehead atoms. The third-order valence-electron chi connectivity index (χ3n) is 4.24. The summed E-state index contributed by atoms with van der Waals surface area (Å²) >= 11 is 12.4. The Morgan fingerprint density at radius 3 is 2.48 bits per heavy atom. The van der Waals surface area contributed by atoms with E-state index in [1.165, 1.54) is 17.7 Å². The van der Waals surface area contributed by atoms with Crippen LogP contribution in [-0.4, -0.2) is 9.67 Å². The van der Waals surface area contributed by atoms with Gasteiger partial charge in [-0.15, -0.1) is 0 Å². The predicted molar refractivity (Wildman–Crippen MR) is 108 cm³/mol. The Morgan fingerprint density at radius 2 is 1.78 bits per heavy atom. The Kier molecular flexibility index (Phi) is 6.09. The molecule has 0 spiro atoms. The number of aryl methyl sites for hydroxylation is 2. The summed E-state index contributed by atoms with van der Waals surface area (Å²) in [4.78, 5) is 12.6. The minimum absolute atomic E-state index is 0.0741. The first-order valence-corrected chi connectivity index (χ1v) is 9.25. The highest BCUT2D eigenvalue weighted by Gasteiger charge is 2.14. The molecule has 0 aliphatic carbocycles. The van der Waals surface area contributed by atoms with Crippen molar-refractivity contribution in [2.24, 2.45) is 0 Å². The van der Waals surface area contributed by atoms with Crippen molar-refractivity contribution in [3.63, 3.8) is 0 Å². The molecule has 0 saturated heterocycles. The van der Waals surface area contributed by atoms with E-state index >= 15 is 0 Å². The zero-order valence-corrected chi connectivity index (χ0v) is 16.3. The largest absolute Gasteiger partial charge is 0.508 e. The summed E-state index contributed by atoms with van der Waals surface area (Å²) in [5.41, 5.74) is 2.54. The molecule has 1 aromatic heterocycles. The number of hydrogen-bond donors (Lipinski definition) is 1. The van der Waals surface area contributed by atoms with Crippen LogP contribution in [0.2, 0.25) is 10.0 Å². The average molecular weight is 404 g/mol. The van der Waals surface area contributed by atoms with Crippen LogP contribution in [0.15, 0.2) is 59.4 Å². The highest BCUT2D eigenvalue weighted by molar-refractivity contribution is 6.34. The number of rotatable bonds is 6. The monoisotopic (exact) mass is 403 g/mol. The fourth-order valence-corrected chi connectivity index (χ4v) is 3.27. The summed E-state index contributed by atoms with van der Waals surface area (Å²) in [5.74, 6) is 0.588. The van der Waals surface area contributed by atoms with Gasteiger partial charge in [-0.1, -0.05) is 59.1 Å². The minimum Gasteiger partial charge on any atom is -0.508 e. The first kappa shape index (κ1) is 19.3. The molecule has 6 heteroatoms. The van der Waals surface area contributed by atoms with E-state index in [1.807, 2.05) is 31.2 Å². The van der Waals surface area contributed by atoms with E-state index in [9.17, 15) is 9.90 Å². The SMILES string of the molecule is Cc1ccc(CCn2c(COc3cccc(O)c3)c(Cl)cc(Cl)c2=O)cc1. The first-order chi connectivity index (χ1) is 12.9. The average Bonchev–Trinajstić information content (AvgIpc) is 2.64. The minimum atomic E-state index is -0.303. The Bertz CT molecular complexity index is 997. The van der Waals surface area contributed by atoms with Gasteiger partial charge < -0.3 is 14.4 Å². The quantitative estimate of drug-likeness (QED) is 0.630. The van der Waals surface area contributed by atoms with E-state index in [0.29, 0.717) is 29.4 Å². The van der Waals surface area contributed by atoms with Crippen molar-refractivity contribution >= 4 is 23.2 Å². The molecule has 3 rings (SSSR count). The van der Waals surface area contributed by atoms with Crippen LogP contribution in [0.5, 0.6) is 11.5 Å². The summed E-state index contributed by atoms with van der Waals surface area (Å²) in [5, 5.41) is 9.99. The van der Waals surface area contributed by atoms with Crippen molar-refractivity contribution in [1.29, 1.82) is 0 Å². The fraction of sp³-hybridized carbons (Fsp3) is 0.190. The smallest absolute Gasteiger partial charge is 0.269 e. The zero-order chi connectivity index (χ0) is 19.4. The van der Waals surface area contributed by atoms with Crippen LogP contribution < -0.4 is 10.3 Å². The van der Waals surface area contributed by atoms with Crippen LogP contribution in [0.25, 0.3) is 0 Å². The van der Waals surface area contributed by atoms with Crippen LogP contribution in [0.3, 0.4) is 0 Å². The number of phenols is 1. The molecule has 0 saturated carbocycles. The van der Waals surface area contributed by atoms with Crippen molar-refractivity contribution in [3.05, 3.63) is 91.8 Å². The van der Waals surface area contributed by atoms with Crippen molar-refractivity contribution in [2.75, 3.05) is 0 Å². The van der Waals surface area contributed by atoms with Gasteiger partial charge in [0.05, 0.1) is 10.7 Å². The summed E-state index contributed by atoms with van der Waals surface area (Å²) < 4.78 is 7.26. The topological polar surface area (TPSA) is 51.5 Å². The summed E-state index contributed by atoms with van der Waals surface area (Å²) in [7, 11) is 0. The molecule has 0 fully saturated rings.